The fraction of sp³-hybridized carbons (Fsp3) is 0.0417. The van der Waals surface area contributed by atoms with Crippen molar-refractivity contribution in [1.82, 2.24) is 0 Å². The van der Waals surface area contributed by atoms with E-state index >= 15 is 0 Å². The van der Waals surface area contributed by atoms with E-state index in [1.165, 1.54) is 205 Å². The Balaban J connectivity index is 0.000000114. The monoisotopic (exact) mass is 1970 g/mol. The molecule has 0 saturated carbocycles. The summed E-state index contributed by atoms with van der Waals surface area (Å²) in [4.78, 5) is 7.14. The van der Waals surface area contributed by atoms with Crippen molar-refractivity contribution < 1.29 is 0 Å². The first kappa shape index (κ1) is 92.0. The summed E-state index contributed by atoms with van der Waals surface area (Å²) in [6.45, 7) is 9.47. The molecule has 0 amide bonds. The Hall–Kier alpha value is -17.9. The van der Waals surface area contributed by atoms with Crippen molar-refractivity contribution >= 4 is 146 Å². The van der Waals surface area contributed by atoms with E-state index in [4.69, 9.17) is 0 Å². The maximum Gasteiger partial charge on any atom is 0.0465 e. The molecule has 6 heteroatoms. The summed E-state index contributed by atoms with van der Waals surface area (Å²) < 4.78 is 8.01. The molecule has 2 aliphatic rings. The van der Waals surface area contributed by atoms with Crippen LogP contribution in [0.4, 0.5) is 51.2 Å². The van der Waals surface area contributed by atoms with E-state index in [9.17, 15) is 0 Å². The molecule has 150 heavy (non-hydrogen) atoms. The van der Waals surface area contributed by atoms with Crippen LogP contribution in [0.3, 0.4) is 0 Å². The van der Waals surface area contributed by atoms with Crippen LogP contribution >= 0.6 is 34.0 Å². The van der Waals surface area contributed by atoms with Crippen molar-refractivity contribution in [3.8, 4) is 122 Å². The smallest absolute Gasteiger partial charge is 0.0465 e. The highest BCUT2D eigenvalue weighted by Gasteiger charge is 2.38. The highest BCUT2D eigenvalue weighted by atomic mass is 32.1. The molecule has 26 aromatic rings. The Labute approximate surface area is 888 Å². The second kappa shape index (κ2) is 39.2. The van der Waals surface area contributed by atoms with Crippen LogP contribution in [0.2, 0.25) is 0 Å². The second-order valence-corrected chi connectivity index (χ2v) is 43.4. The van der Waals surface area contributed by atoms with E-state index in [0.717, 1.165) is 51.2 Å². The predicted octanol–water partition coefficient (Wildman–Crippen LogP) is 42.2. The molecular formula is C144H103N3S3. The summed E-state index contributed by atoms with van der Waals surface area (Å²) in [6, 6.07) is 201. The maximum atomic E-state index is 2.44. The molecule has 0 radical (unpaired) electrons. The van der Waals surface area contributed by atoms with Crippen molar-refractivity contribution in [2.75, 3.05) is 14.7 Å². The molecular weight excluding hydrogens is 1870 g/mol. The Kier molecular flexibility index (Phi) is 24.0. The van der Waals surface area contributed by atoms with Gasteiger partial charge in [-0.25, -0.2) is 0 Å². The third-order valence-corrected chi connectivity index (χ3v) is 34.0. The highest BCUT2D eigenvalue weighted by Crippen LogP contribution is 2.55. The summed E-state index contributed by atoms with van der Waals surface area (Å²) in [5.41, 5.74) is 42.8. The van der Waals surface area contributed by atoms with Gasteiger partial charge in [0.1, 0.15) is 0 Å². The molecule has 0 spiro atoms. The van der Waals surface area contributed by atoms with Crippen LogP contribution in [0.15, 0.2) is 552 Å². The van der Waals surface area contributed by atoms with Gasteiger partial charge in [-0.05, 0) is 315 Å². The number of fused-ring (bicyclic) bond motifs is 15. The van der Waals surface area contributed by atoms with Gasteiger partial charge in [0, 0.05) is 123 Å². The Morgan fingerprint density at radius 2 is 0.307 bits per heavy atom. The zero-order valence-electron chi connectivity index (χ0n) is 83.6. The van der Waals surface area contributed by atoms with E-state index in [-0.39, 0.29) is 10.8 Å². The van der Waals surface area contributed by atoms with E-state index < -0.39 is 0 Å². The molecule has 28 rings (SSSR count). The molecule has 0 N–H and O–H groups in total. The Morgan fingerprint density at radius 1 is 0.127 bits per heavy atom. The van der Waals surface area contributed by atoms with Gasteiger partial charge >= 0.3 is 0 Å². The van der Waals surface area contributed by atoms with Gasteiger partial charge in [0.25, 0.3) is 0 Å². The molecule has 0 aliphatic heterocycles. The normalized spacial score (nSPS) is 12.4. The lowest BCUT2D eigenvalue weighted by Gasteiger charge is -2.28. The van der Waals surface area contributed by atoms with Gasteiger partial charge in [-0.3, -0.25) is 0 Å². The molecule has 3 heterocycles. The largest absolute Gasteiger partial charge is 0.311 e. The fourth-order valence-electron chi connectivity index (χ4n) is 22.6. The minimum Gasteiger partial charge on any atom is -0.311 e. The lowest BCUT2D eigenvalue weighted by Crippen LogP contribution is -2.16. The molecule has 0 bridgehead atoms. The summed E-state index contributed by atoms with van der Waals surface area (Å²) in [5, 5.41) is 7.98. The van der Waals surface area contributed by atoms with Crippen molar-refractivity contribution in [2.24, 2.45) is 0 Å². The quantitative estimate of drug-likeness (QED) is 0.0848. The zero-order valence-corrected chi connectivity index (χ0v) is 86.1. The minimum atomic E-state index is -0.171. The van der Waals surface area contributed by atoms with E-state index in [1.807, 2.05) is 34.0 Å². The first-order chi connectivity index (χ1) is 73.8. The molecule has 2 aliphatic carbocycles. The molecule has 0 fully saturated rings. The molecule has 0 atom stereocenters. The van der Waals surface area contributed by atoms with Gasteiger partial charge in [-0.2, -0.15) is 0 Å². The van der Waals surface area contributed by atoms with Crippen molar-refractivity contribution in [2.45, 2.75) is 38.5 Å². The lowest BCUT2D eigenvalue weighted by atomic mass is 9.81. The van der Waals surface area contributed by atoms with Crippen LogP contribution in [0, 0.1) is 0 Å². The van der Waals surface area contributed by atoms with Crippen molar-refractivity contribution in [1.29, 1.82) is 0 Å². The number of benzene rings is 23. The van der Waals surface area contributed by atoms with Gasteiger partial charge in [-0.15, -0.1) is 34.0 Å². The minimum absolute atomic E-state index is 0.0703. The van der Waals surface area contributed by atoms with Gasteiger partial charge in [-0.1, -0.05) is 410 Å². The second-order valence-electron chi connectivity index (χ2n) is 40.2. The van der Waals surface area contributed by atoms with Crippen LogP contribution in [0.1, 0.15) is 49.9 Å². The number of thiophene rings is 3. The van der Waals surface area contributed by atoms with Gasteiger partial charge in [0.2, 0.25) is 0 Å². The lowest BCUT2D eigenvalue weighted by molar-refractivity contribution is 0.660. The molecule has 23 aromatic carbocycles. The van der Waals surface area contributed by atoms with E-state index in [0.29, 0.717) is 0 Å². The molecule has 3 aromatic heterocycles. The van der Waals surface area contributed by atoms with Crippen LogP contribution in [-0.4, -0.2) is 0 Å². The fourth-order valence-corrected chi connectivity index (χ4v) is 25.8. The Morgan fingerprint density at radius 3 is 0.607 bits per heavy atom. The number of rotatable bonds is 18. The van der Waals surface area contributed by atoms with E-state index in [1.54, 1.807) is 0 Å². The zero-order chi connectivity index (χ0) is 100. The first-order valence-electron chi connectivity index (χ1n) is 51.6. The third kappa shape index (κ3) is 17.5. The Bertz CT molecular complexity index is 9390. The SMILES string of the molecule is CC1(C)c2cc(-c3ccc4sc5ccccc5c4c3)ccc2-c2ccc(N(c3ccc(-c4ccccc4)cc3)c3ccc(-c4ccccc4)cc3)cc21.CC1(C)c2ccccc2-c2ccc(N(c3ccc(-c4ccccc4)cc3)c3ccc(-c4ccc5sc6ccccc6c5c4)cc3)cc21.c1ccc(-c2ccc(-c3ccc(N(c4ccc(-c5ccccc5)cc4)c4ccc(-c5ccc6sc7ccccc7c6c5)cc4)cc3)cc2)cc1. The average Bonchev–Trinajstić information content (AvgIpc) is 1.57. The summed E-state index contributed by atoms with van der Waals surface area (Å²) >= 11 is 5.60. The summed E-state index contributed by atoms with van der Waals surface area (Å²) in [5.74, 6) is 0. The van der Waals surface area contributed by atoms with Crippen LogP contribution < -0.4 is 14.7 Å². The van der Waals surface area contributed by atoms with Crippen LogP contribution in [0.25, 0.3) is 183 Å². The van der Waals surface area contributed by atoms with Crippen LogP contribution in [-0.2, 0) is 10.8 Å². The molecule has 0 unspecified atom stereocenters. The molecule has 712 valence electrons. The highest BCUT2D eigenvalue weighted by molar-refractivity contribution is 7.26. The molecule has 0 saturated heterocycles. The first-order valence-corrected chi connectivity index (χ1v) is 54.0. The van der Waals surface area contributed by atoms with Gasteiger partial charge in [0.05, 0.1) is 0 Å². The summed E-state index contributed by atoms with van der Waals surface area (Å²) in [6.07, 6.45) is 0. The standard InChI is InChI=1S/C51H37NS.C48H33NS.C45H33NS/c1-51(2)47-32-39(38-22-30-50-46(31-38)45-15-9-10-16-49(45)53-50)21-28-43(47)44-29-27-42(33-48(44)51)52(40-23-17-36(18-24-40)34-11-5-3-6-12-34)41-25-19-37(20-26-41)35-13-7-4-8-14-35;1-3-9-34(10-4-1)36-15-17-37(18-16-36)39-21-28-43(29-22-39)49(42-26-19-38(20-27-42)35-11-5-2-6-12-35)44-30-23-40(24-31-44)41-25-32-48-46(33-41)45-13-7-8-14-47(45)50-48;1-45(2)41-14-8-6-12-37(41)38-26-25-36(29-42(38)45)46(34-21-16-31(17-22-34)30-10-4-3-5-11-30)35-23-18-32(19-24-35)33-20-27-44-40(28-33)39-13-7-9-15-43(39)47-44/h3-33H,1-2H3;1-33H;3-29H,1-2H3. The van der Waals surface area contributed by atoms with Crippen molar-refractivity contribution in [3.63, 3.8) is 0 Å². The van der Waals surface area contributed by atoms with E-state index in [2.05, 4.69) is 594 Å². The predicted molar refractivity (Wildman–Crippen MR) is 646 cm³/mol. The number of anilines is 9. The maximum absolute atomic E-state index is 2.44. The topological polar surface area (TPSA) is 9.72 Å². The number of hydrogen-bond acceptors (Lipinski definition) is 6. The number of nitrogens with zero attached hydrogens (tertiary/aromatic N) is 3. The summed E-state index contributed by atoms with van der Waals surface area (Å²) in [7, 11) is 0. The molecule has 3 nitrogen and oxygen atoms in total. The van der Waals surface area contributed by atoms with Crippen molar-refractivity contribution in [3.05, 3.63) is 574 Å². The van der Waals surface area contributed by atoms with Gasteiger partial charge in [0.15, 0.2) is 0 Å². The average molecular weight is 1970 g/mol. The third-order valence-electron chi connectivity index (χ3n) is 30.5. The number of hydrogen-bond donors (Lipinski definition) is 0. The van der Waals surface area contributed by atoms with Crippen LogP contribution in [0.5, 0.6) is 0 Å². The van der Waals surface area contributed by atoms with Gasteiger partial charge < -0.3 is 14.7 Å².